The van der Waals surface area contributed by atoms with Crippen molar-refractivity contribution in [2.24, 2.45) is 5.92 Å². The maximum atomic E-state index is 4.50. The highest BCUT2D eigenvalue weighted by atomic mass is 32.1. The van der Waals surface area contributed by atoms with E-state index in [2.05, 4.69) is 44.9 Å². The summed E-state index contributed by atoms with van der Waals surface area (Å²) >= 11 is 1.83. The monoisotopic (exact) mass is 268 g/mol. The third-order valence-electron chi connectivity index (χ3n) is 2.88. The number of hydrogen-bond donors (Lipinski definition) is 1. The molecule has 1 N–H and O–H groups in total. The Morgan fingerprint density at radius 2 is 2.00 bits per heavy atom. The molecule has 0 bridgehead atoms. The van der Waals surface area contributed by atoms with Gasteiger partial charge in [0.25, 0.3) is 0 Å². The van der Waals surface area contributed by atoms with Crippen molar-refractivity contribution in [3.8, 4) is 0 Å². The van der Waals surface area contributed by atoms with Crippen LogP contribution in [-0.4, -0.2) is 11.5 Å². The number of aromatic nitrogens is 1. The van der Waals surface area contributed by atoms with Crippen LogP contribution in [0, 0.1) is 5.92 Å². The van der Waals surface area contributed by atoms with E-state index in [9.17, 15) is 0 Å². The lowest BCUT2D eigenvalue weighted by molar-refractivity contribution is 0.521. The van der Waals surface area contributed by atoms with Crippen molar-refractivity contribution in [3.63, 3.8) is 0 Å². The number of hydrogen-bond acceptors (Lipinski definition) is 3. The van der Waals surface area contributed by atoms with E-state index >= 15 is 0 Å². The third-order valence-corrected chi connectivity index (χ3v) is 4.30. The van der Waals surface area contributed by atoms with Gasteiger partial charge in [0.1, 0.15) is 0 Å². The lowest BCUT2D eigenvalue weighted by atomic mass is 9.98. The van der Waals surface area contributed by atoms with E-state index < -0.39 is 0 Å². The second-order valence-corrected chi connectivity index (χ2v) is 7.56. The first-order valence-electron chi connectivity index (χ1n) is 7.05. The molecule has 18 heavy (non-hydrogen) atoms. The van der Waals surface area contributed by atoms with E-state index in [1.165, 1.54) is 29.1 Å². The predicted molar refractivity (Wildman–Crippen MR) is 81.2 cm³/mol. The molecule has 0 aliphatic heterocycles. The van der Waals surface area contributed by atoms with Gasteiger partial charge in [-0.15, -0.1) is 11.3 Å². The highest BCUT2D eigenvalue weighted by Gasteiger charge is 2.17. The molecule has 0 saturated heterocycles. The van der Waals surface area contributed by atoms with Gasteiger partial charge in [0.2, 0.25) is 0 Å². The molecule has 0 saturated carbocycles. The molecule has 0 amide bonds. The summed E-state index contributed by atoms with van der Waals surface area (Å²) in [6.07, 6.45) is 5.98. The number of rotatable bonds is 7. The van der Waals surface area contributed by atoms with E-state index in [0.29, 0.717) is 0 Å². The molecule has 0 spiro atoms. The van der Waals surface area contributed by atoms with Crippen molar-refractivity contribution in [1.82, 2.24) is 10.3 Å². The molecule has 1 aromatic rings. The summed E-state index contributed by atoms with van der Waals surface area (Å²) in [7, 11) is 0. The Labute approximate surface area is 116 Å². The maximum Gasteiger partial charge on any atom is 0.0981 e. The zero-order chi connectivity index (χ0) is 13.6. The van der Waals surface area contributed by atoms with Gasteiger partial charge in [-0.05, 0) is 18.9 Å². The fourth-order valence-corrected chi connectivity index (χ4v) is 2.69. The van der Waals surface area contributed by atoms with Crippen LogP contribution in [0.25, 0.3) is 0 Å². The molecule has 0 unspecified atom stereocenters. The summed E-state index contributed by atoms with van der Waals surface area (Å²) in [6.45, 7) is 13.3. The van der Waals surface area contributed by atoms with Gasteiger partial charge in [-0.2, -0.15) is 0 Å². The number of nitrogens with zero attached hydrogens (tertiary/aromatic N) is 1. The molecule has 1 heterocycles. The van der Waals surface area contributed by atoms with Crippen LogP contribution < -0.4 is 5.32 Å². The maximum absolute atomic E-state index is 4.50. The van der Waals surface area contributed by atoms with Crippen LogP contribution in [0.15, 0.2) is 6.20 Å². The van der Waals surface area contributed by atoms with Gasteiger partial charge in [0.15, 0.2) is 0 Å². The quantitative estimate of drug-likeness (QED) is 0.743. The molecule has 0 radical (unpaired) electrons. The largest absolute Gasteiger partial charge is 0.312 e. The normalized spacial score (nSPS) is 12.3. The Hall–Kier alpha value is -0.410. The lowest BCUT2D eigenvalue weighted by Crippen LogP contribution is -2.14. The molecular weight excluding hydrogens is 240 g/mol. The molecular formula is C15H28N2S. The Morgan fingerprint density at radius 3 is 2.56 bits per heavy atom. The Kier molecular flexibility index (Phi) is 6.30. The van der Waals surface area contributed by atoms with Crippen molar-refractivity contribution in [2.75, 3.05) is 6.54 Å². The molecule has 1 rings (SSSR count). The SMILES string of the molecule is CC(C)CCCCNCc1cnc(C(C)(C)C)s1. The van der Waals surface area contributed by atoms with Crippen molar-refractivity contribution < 1.29 is 0 Å². The van der Waals surface area contributed by atoms with E-state index in [0.717, 1.165) is 19.0 Å². The van der Waals surface area contributed by atoms with Crippen LogP contribution in [0.3, 0.4) is 0 Å². The van der Waals surface area contributed by atoms with Gasteiger partial charge in [-0.3, -0.25) is 0 Å². The fourth-order valence-electron chi connectivity index (χ4n) is 1.75. The van der Waals surface area contributed by atoms with Crippen molar-refractivity contribution in [2.45, 2.75) is 65.8 Å². The van der Waals surface area contributed by atoms with Crippen LogP contribution in [0.5, 0.6) is 0 Å². The van der Waals surface area contributed by atoms with Gasteiger partial charge in [0, 0.05) is 23.0 Å². The number of unbranched alkanes of at least 4 members (excludes halogenated alkanes) is 1. The molecule has 2 nitrogen and oxygen atoms in total. The summed E-state index contributed by atoms with van der Waals surface area (Å²) < 4.78 is 0. The summed E-state index contributed by atoms with van der Waals surface area (Å²) in [5.41, 5.74) is 0.181. The highest BCUT2D eigenvalue weighted by molar-refractivity contribution is 7.11. The van der Waals surface area contributed by atoms with E-state index in [1.807, 2.05) is 17.5 Å². The standard InChI is InChI=1S/C15H28N2S/c1-12(2)8-6-7-9-16-10-13-11-17-14(18-13)15(3,4)5/h11-12,16H,6-10H2,1-5H3. The van der Waals surface area contributed by atoms with Crippen molar-refractivity contribution in [1.29, 1.82) is 0 Å². The van der Waals surface area contributed by atoms with Gasteiger partial charge < -0.3 is 5.32 Å². The average molecular weight is 268 g/mol. The average Bonchev–Trinajstić information content (AvgIpc) is 2.71. The van der Waals surface area contributed by atoms with E-state index in [4.69, 9.17) is 0 Å². The second-order valence-electron chi connectivity index (χ2n) is 6.45. The second kappa shape index (κ2) is 7.25. The zero-order valence-corrected chi connectivity index (χ0v) is 13.4. The minimum Gasteiger partial charge on any atom is -0.312 e. The van der Waals surface area contributed by atoms with Crippen LogP contribution >= 0.6 is 11.3 Å². The Bertz CT molecular complexity index is 337. The molecule has 0 aliphatic carbocycles. The van der Waals surface area contributed by atoms with Crippen LogP contribution in [-0.2, 0) is 12.0 Å². The van der Waals surface area contributed by atoms with Gasteiger partial charge in [0.05, 0.1) is 5.01 Å². The topological polar surface area (TPSA) is 24.9 Å². The number of thiazole rings is 1. The predicted octanol–water partition coefficient (Wildman–Crippen LogP) is 4.36. The first-order valence-corrected chi connectivity index (χ1v) is 7.87. The lowest BCUT2D eigenvalue weighted by Gasteiger charge is -2.13. The summed E-state index contributed by atoms with van der Waals surface area (Å²) in [5.74, 6) is 0.834. The molecule has 0 aromatic carbocycles. The minimum absolute atomic E-state index is 0.181. The van der Waals surface area contributed by atoms with Gasteiger partial charge in [-0.1, -0.05) is 47.5 Å². The van der Waals surface area contributed by atoms with Crippen LogP contribution in [0.2, 0.25) is 0 Å². The highest BCUT2D eigenvalue weighted by Crippen LogP contribution is 2.26. The summed E-state index contributed by atoms with van der Waals surface area (Å²) in [6, 6.07) is 0. The smallest absolute Gasteiger partial charge is 0.0981 e. The summed E-state index contributed by atoms with van der Waals surface area (Å²) in [5, 5.41) is 4.75. The zero-order valence-electron chi connectivity index (χ0n) is 12.5. The minimum atomic E-state index is 0.181. The molecule has 1 aromatic heterocycles. The fraction of sp³-hybridized carbons (Fsp3) is 0.800. The first kappa shape index (κ1) is 15.6. The van der Waals surface area contributed by atoms with Crippen LogP contribution in [0.4, 0.5) is 0 Å². The molecule has 0 atom stereocenters. The van der Waals surface area contributed by atoms with Crippen molar-refractivity contribution in [3.05, 3.63) is 16.1 Å². The van der Waals surface area contributed by atoms with Crippen molar-refractivity contribution >= 4 is 11.3 Å². The Morgan fingerprint density at radius 1 is 1.28 bits per heavy atom. The molecule has 0 aliphatic rings. The summed E-state index contributed by atoms with van der Waals surface area (Å²) in [4.78, 5) is 5.85. The molecule has 0 fully saturated rings. The first-order chi connectivity index (χ1) is 8.39. The third kappa shape index (κ3) is 5.96. The molecule has 104 valence electrons. The van der Waals surface area contributed by atoms with E-state index in [1.54, 1.807) is 0 Å². The number of nitrogens with one attached hydrogen (secondary N) is 1. The molecule has 3 heteroatoms. The Balaban J connectivity index is 2.18. The van der Waals surface area contributed by atoms with Gasteiger partial charge >= 0.3 is 0 Å². The van der Waals surface area contributed by atoms with Gasteiger partial charge in [-0.25, -0.2) is 4.98 Å². The van der Waals surface area contributed by atoms with Crippen LogP contribution in [0.1, 0.15) is 63.8 Å². The van der Waals surface area contributed by atoms with E-state index in [-0.39, 0.29) is 5.41 Å².